The van der Waals surface area contributed by atoms with Gasteiger partial charge < -0.3 is 14.2 Å². The highest BCUT2D eigenvalue weighted by Gasteiger charge is 2.11. The summed E-state index contributed by atoms with van der Waals surface area (Å²) >= 11 is 0. The molecule has 23 heavy (non-hydrogen) atoms. The van der Waals surface area contributed by atoms with Gasteiger partial charge in [-0.25, -0.2) is 0 Å². The average molecular weight is 314 g/mol. The smallest absolute Gasteiger partial charge is 0.193 e. The van der Waals surface area contributed by atoms with Crippen molar-refractivity contribution in [1.29, 1.82) is 0 Å². The summed E-state index contributed by atoms with van der Waals surface area (Å²) in [4.78, 5) is 12.3. The van der Waals surface area contributed by atoms with Crippen molar-refractivity contribution in [2.75, 3.05) is 19.8 Å². The van der Waals surface area contributed by atoms with Gasteiger partial charge in [0.15, 0.2) is 12.1 Å². The van der Waals surface area contributed by atoms with E-state index in [1.54, 1.807) is 24.3 Å². The van der Waals surface area contributed by atoms with Gasteiger partial charge in [0.25, 0.3) is 0 Å². The minimum atomic E-state index is -0.379. The SMILES string of the molecule is CCOC(COc1ccc(C(=O)c2ccccc2)cc1)OCC. The van der Waals surface area contributed by atoms with Crippen LogP contribution in [-0.2, 0) is 9.47 Å². The zero-order chi connectivity index (χ0) is 16.5. The van der Waals surface area contributed by atoms with Gasteiger partial charge in [0.05, 0.1) is 0 Å². The predicted octanol–water partition coefficient (Wildman–Crippen LogP) is 3.70. The molecule has 0 spiro atoms. The van der Waals surface area contributed by atoms with E-state index in [1.807, 2.05) is 44.2 Å². The van der Waals surface area contributed by atoms with Crippen molar-refractivity contribution in [1.82, 2.24) is 0 Å². The molecule has 0 N–H and O–H groups in total. The Bertz CT molecular complexity index is 587. The molecule has 0 aliphatic heterocycles. The Labute approximate surface area is 137 Å². The van der Waals surface area contributed by atoms with Crippen LogP contribution >= 0.6 is 0 Å². The lowest BCUT2D eigenvalue weighted by molar-refractivity contribution is -0.152. The third kappa shape index (κ3) is 5.20. The minimum Gasteiger partial charge on any atom is -0.488 e. The molecule has 0 fully saturated rings. The Kier molecular flexibility index (Phi) is 6.78. The number of carbonyl (C=O) groups is 1. The highest BCUT2D eigenvalue weighted by molar-refractivity contribution is 6.08. The topological polar surface area (TPSA) is 44.8 Å². The van der Waals surface area contributed by atoms with Gasteiger partial charge in [0.2, 0.25) is 0 Å². The second-order valence-corrected chi connectivity index (χ2v) is 4.87. The molecule has 0 saturated carbocycles. The molecule has 122 valence electrons. The van der Waals surface area contributed by atoms with E-state index in [9.17, 15) is 4.79 Å². The lowest BCUT2D eigenvalue weighted by Gasteiger charge is -2.17. The van der Waals surface area contributed by atoms with E-state index in [-0.39, 0.29) is 12.1 Å². The summed E-state index contributed by atoms with van der Waals surface area (Å²) < 4.78 is 16.5. The molecule has 2 aromatic rings. The molecule has 0 bridgehead atoms. The van der Waals surface area contributed by atoms with Crippen molar-refractivity contribution in [3.8, 4) is 5.75 Å². The molecular formula is C19H22O4. The van der Waals surface area contributed by atoms with Crippen LogP contribution in [0, 0.1) is 0 Å². The number of carbonyl (C=O) groups excluding carboxylic acids is 1. The van der Waals surface area contributed by atoms with Crippen LogP contribution in [-0.4, -0.2) is 31.9 Å². The zero-order valence-corrected chi connectivity index (χ0v) is 13.5. The van der Waals surface area contributed by atoms with Crippen LogP contribution in [0.2, 0.25) is 0 Å². The summed E-state index contributed by atoms with van der Waals surface area (Å²) in [6.45, 7) is 5.27. The van der Waals surface area contributed by atoms with Crippen molar-refractivity contribution in [2.24, 2.45) is 0 Å². The lowest BCUT2D eigenvalue weighted by Crippen LogP contribution is -2.25. The van der Waals surface area contributed by atoms with Gasteiger partial charge in [-0.3, -0.25) is 4.79 Å². The second kappa shape index (κ2) is 9.08. The molecule has 0 atom stereocenters. The molecule has 0 radical (unpaired) electrons. The van der Waals surface area contributed by atoms with E-state index in [0.29, 0.717) is 36.7 Å². The quantitative estimate of drug-likeness (QED) is 0.523. The summed E-state index contributed by atoms with van der Waals surface area (Å²) in [5, 5.41) is 0. The molecular weight excluding hydrogens is 292 g/mol. The van der Waals surface area contributed by atoms with E-state index in [2.05, 4.69) is 0 Å². The molecule has 0 amide bonds. The Morgan fingerprint density at radius 1 is 0.870 bits per heavy atom. The number of hydrogen-bond acceptors (Lipinski definition) is 4. The first-order valence-corrected chi connectivity index (χ1v) is 7.80. The third-order valence-electron chi connectivity index (χ3n) is 3.24. The molecule has 0 aliphatic rings. The van der Waals surface area contributed by atoms with Crippen LogP contribution in [0.1, 0.15) is 29.8 Å². The third-order valence-corrected chi connectivity index (χ3v) is 3.24. The largest absolute Gasteiger partial charge is 0.488 e. The van der Waals surface area contributed by atoms with Crippen molar-refractivity contribution < 1.29 is 19.0 Å². The number of hydrogen-bond donors (Lipinski definition) is 0. The maximum Gasteiger partial charge on any atom is 0.193 e. The van der Waals surface area contributed by atoms with Gasteiger partial charge in [-0.2, -0.15) is 0 Å². The average Bonchev–Trinajstić information content (AvgIpc) is 2.61. The summed E-state index contributed by atoms with van der Waals surface area (Å²) in [6.07, 6.45) is -0.379. The normalized spacial score (nSPS) is 10.7. The summed E-state index contributed by atoms with van der Waals surface area (Å²) in [5.41, 5.74) is 1.31. The Morgan fingerprint density at radius 3 is 2.00 bits per heavy atom. The maximum absolute atomic E-state index is 12.3. The Balaban J connectivity index is 1.95. The summed E-state index contributed by atoms with van der Waals surface area (Å²) in [7, 11) is 0. The first kappa shape index (κ1) is 17.2. The second-order valence-electron chi connectivity index (χ2n) is 4.87. The number of ketones is 1. The highest BCUT2D eigenvalue weighted by atomic mass is 16.7. The van der Waals surface area contributed by atoms with E-state index >= 15 is 0 Å². The fourth-order valence-electron chi connectivity index (χ4n) is 2.14. The van der Waals surface area contributed by atoms with Gasteiger partial charge in [-0.1, -0.05) is 30.3 Å². The number of benzene rings is 2. The first-order valence-electron chi connectivity index (χ1n) is 7.80. The van der Waals surface area contributed by atoms with Crippen LogP contribution in [0.5, 0.6) is 5.75 Å². The molecule has 0 aliphatic carbocycles. The lowest BCUT2D eigenvalue weighted by atomic mass is 10.0. The minimum absolute atomic E-state index is 0.00124. The van der Waals surface area contributed by atoms with Crippen molar-refractivity contribution in [2.45, 2.75) is 20.1 Å². The molecule has 0 saturated heterocycles. The van der Waals surface area contributed by atoms with Crippen LogP contribution in [0.25, 0.3) is 0 Å². The fourth-order valence-corrected chi connectivity index (χ4v) is 2.14. The van der Waals surface area contributed by atoms with Gasteiger partial charge in [0, 0.05) is 24.3 Å². The molecule has 4 heteroatoms. The molecule has 0 heterocycles. The molecule has 0 aromatic heterocycles. The van der Waals surface area contributed by atoms with E-state index in [1.165, 1.54) is 0 Å². The zero-order valence-electron chi connectivity index (χ0n) is 13.5. The summed E-state index contributed by atoms with van der Waals surface area (Å²) in [6, 6.07) is 16.3. The highest BCUT2D eigenvalue weighted by Crippen LogP contribution is 2.16. The standard InChI is InChI=1S/C19H22O4/c1-3-21-18(22-4-2)14-23-17-12-10-16(11-13-17)19(20)15-8-6-5-7-9-15/h5-13,18H,3-4,14H2,1-2H3. The predicted molar refractivity (Wildman–Crippen MR) is 88.9 cm³/mol. The van der Waals surface area contributed by atoms with Crippen LogP contribution in [0.15, 0.2) is 54.6 Å². The van der Waals surface area contributed by atoms with Gasteiger partial charge >= 0.3 is 0 Å². The van der Waals surface area contributed by atoms with Gasteiger partial charge in [-0.05, 0) is 38.1 Å². The van der Waals surface area contributed by atoms with Crippen molar-refractivity contribution >= 4 is 5.78 Å². The van der Waals surface area contributed by atoms with E-state index < -0.39 is 0 Å². The van der Waals surface area contributed by atoms with E-state index in [0.717, 1.165) is 0 Å². The van der Waals surface area contributed by atoms with Gasteiger partial charge in [0.1, 0.15) is 12.4 Å². The number of ether oxygens (including phenoxy) is 3. The molecule has 2 aromatic carbocycles. The molecule has 0 unspecified atom stereocenters. The van der Waals surface area contributed by atoms with E-state index in [4.69, 9.17) is 14.2 Å². The van der Waals surface area contributed by atoms with Crippen molar-refractivity contribution in [3.05, 3.63) is 65.7 Å². The fraction of sp³-hybridized carbons (Fsp3) is 0.316. The Hall–Kier alpha value is -2.17. The first-order chi connectivity index (χ1) is 11.2. The van der Waals surface area contributed by atoms with Crippen LogP contribution < -0.4 is 4.74 Å². The van der Waals surface area contributed by atoms with Crippen LogP contribution in [0.4, 0.5) is 0 Å². The maximum atomic E-state index is 12.3. The Morgan fingerprint density at radius 2 is 1.43 bits per heavy atom. The van der Waals surface area contributed by atoms with Crippen molar-refractivity contribution in [3.63, 3.8) is 0 Å². The van der Waals surface area contributed by atoms with Gasteiger partial charge in [-0.15, -0.1) is 0 Å². The molecule has 4 nitrogen and oxygen atoms in total. The molecule has 2 rings (SSSR count). The summed E-state index contributed by atoms with van der Waals surface area (Å²) in [5.74, 6) is 0.678. The van der Waals surface area contributed by atoms with Crippen LogP contribution in [0.3, 0.4) is 0 Å². The number of rotatable bonds is 9. The monoisotopic (exact) mass is 314 g/mol.